The molecule has 6 nitrogen and oxygen atoms in total. The summed E-state index contributed by atoms with van der Waals surface area (Å²) in [4.78, 5) is 12.0. The number of hydrogen-bond acceptors (Lipinski definition) is 4. The number of fused-ring (bicyclic) bond motifs is 1. The number of sulfonamides is 1. The van der Waals surface area contributed by atoms with Crippen molar-refractivity contribution in [2.45, 2.75) is 23.8 Å². The zero-order valence-corrected chi connectivity index (χ0v) is 12.7. The first-order valence-corrected chi connectivity index (χ1v) is 8.49. The number of benzene rings is 2. The smallest absolute Gasteiger partial charge is 0.252 e. The van der Waals surface area contributed by atoms with Gasteiger partial charge in [0.25, 0.3) is 5.91 Å². The van der Waals surface area contributed by atoms with Gasteiger partial charge in [-0.25, -0.2) is 14.3 Å². The second-order valence-electron chi connectivity index (χ2n) is 5.29. The summed E-state index contributed by atoms with van der Waals surface area (Å²) in [5.74, 6) is 4.68. The summed E-state index contributed by atoms with van der Waals surface area (Å²) >= 11 is 0. The van der Waals surface area contributed by atoms with Crippen LogP contribution in [0.2, 0.25) is 0 Å². The van der Waals surface area contributed by atoms with E-state index in [9.17, 15) is 13.2 Å². The van der Waals surface area contributed by atoms with Crippen LogP contribution in [0.5, 0.6) is 0 Å². The number of nitrogens with one attached hydrogen (secondary N) is 1. The summed E-state index contributed by atoms with van der Waals surface area (Å²) < 4.78 is 26.9. The maximum absolute atomic E-state index is 12.8. The number of amides is 1. The highest BCUT2D eigenvalue weighted by atomic mass is 32.2. The highest BCUT2D eigenvalue weighted by molar-refractivity contribution is 7.89. The molecule has 1 fully saturated rings. The van der Waals surface area contributed by atoms with E-state index < -0.39 is 22.0 Å². The molecule has 22 heavy (non-hydrogen) atoms. The van der Waals surface area contributed by atoms with E-state index in [1.165, 1.54) is 4.31 Å². The summed E-state index contributed by atoms with van der Waals surface area (Å²) in [6.07, 6.45) is 1.13. The van der Waals surface area contributed by atoms with Crippen molar-refractivity contribution in [3.63, 3.8) is 0 Å². The minimum atomic E-state index is -3.72. The zero-order chi connectivity index (χ0) is 15.7. The van der Waals surface area contributed by atoms with Gasteiger partial charge < -0.3 is 0 Å². The van der Waals surface area contributed by atoms with Gasteiger partial charge in [-0.3, -0.25) is 10.2 Å². The number of hydrazine groups is 1. The van der Waals surface area contributed by atoms with Gasteiger partial charge in [0.1, 0.15) is 6.04 Å². The van der Waals surface area contributed by atoms with Gasteiger partial charge in [-0.05, 0) is 35.7 Å². The summed E-state index contributed by atoms with van der Waals surface area (Å²) in [5.41, 5.74) is 2.05. The van der Waals surface area contributed by atoms with Crippen LogP contribution in [-0.2, 0) is 14.8 Å². The van der Waals surface area contributed by atoms with Gasteiger partial charge in [0.05, 0.1) is 4.90 Å². The quantitative estimate of drug-likeness (QED) is 0.501. The molecular formula is C15H17N3O3S. The molecule has 0 aromatic heterocycles. The summed E-state index contributed by atoms with van der Waals surface area (Å²) in [7, 11) is -3.72. The predicted molar refractivity (Wildman–Crippen MR) is 83.2 cm³/mol. The third-order valence-corrected chi connectivity index (χ3v) is 5.88. The van der Waals surface area contributed by atoms with Crippen LogP contribution >= 0.6 is 0 Å². The van der Waals surface area contributed by atoms with Gasteiger partial charge in [0.2, 0.25) is 10.0 Å². The van der Waals surface area contributed by atoms with E-state index in [-0.39, 0.29) is 4.90 Å². The molecule has 1 aliphatic heterocycles. The molecule has 1 saturated heterocycles. The molecule has 2 aromatic rings. The number of carbonyl (C=O) groups is 1. The Morgan fingerprint density at radius 2 is 1.91 bits per heavy atom. The van der Waals surface area contributed by atoms with E-state index in [2.05, 4.69) is 0 Å². The van der Waals surface area contributed by atoms with Crippen LogP contribution in [0.15, 0.2) is 47.4 Å². The van der Waals surface area contributed by atoms with E-state index in [0.717, 1.165) is 10.8 Å². The minimum Gasteiger partial charge on any atom is -0.293 e. The van der Waals surface area contributed by atoms with Crippen molar-refractivity contribution in [2.24, 2.45) is 5.84 Å². The van der Waals surface area contributed by atoms with Crippen molar-refractivity contribution in [3.05, 3.63) is 42.5 Å². The van der Waals surface area contributed by atoms with Crippen molar-refractivity contribution in [1.82, 2.24) is 9.73 Å². The van der Waals surface area contributed by atoms with Crippen LogP contribution in [0, 0.1) is 0 Å². The SMILES string of the molecule is NNC(=O)[C@H]1CCCN1S(=O)(=O)c1ccc2ccccc2c1. The number of rotatable bonds is 3. The van der Waals surface area contributed by atoms with Crippen LogP contribution in [0.3, 0.4) is 0 Å². The lowest BCUT2D eigenvalue weighted by Crippen LogP contribution is -2.47. The fourth-order valence-electron chi connectivity index (χ4n) is 2.85. The Morgan fingerprint density at radius 3 is 2.64 bits per heavy atom. The third-order valence-electron chi connectivity index (χ3n) is 3.98. The van der Waals surface area contributed by atoms with E-state index in [0.29, 0.717) is 19.4 Å². The van der Waals surface area contributed by atoms with Crippen LogP contribution in [0.4, 0.5) is 0 Å². The first-order chi connectivity index (χ1) is 10.5. The van der Waals surface area contributed by atoms with E-state index in [1.54, 1.807) is 18.2 Å². The monoisotopic (exact) mass is 319 g/mol. The lowest BCUT2D eigenvalue weighted by atomic mass is 10.1. The molecule has 3 N–H and O–H groups in total. The van der Waals surface area contributed by atoms with Gasteiger partial charge in [0, 0.05) is 6.54 Å². The zero-order valence-electron chi connectivity index (χ0n) is 11.9. The fraction of sp³-hybridized carbons (Fsp3) is 0.267. The van der Waals surface area contributed by atoms with Crippen LogP contribution < -0.4 is 11.3 Å². The molecule has 0 radical (unpaired) electrons. The Kier molecular flexibility index (Phi) is 3.86. The van der Waals surface area contributed by atoms with Crippen molar-refractivity contribution in [1.29, 1.82) is 0 Å². The van der Waals surface area contributed by atoms with Crippen molar-refractivity contribution in [3.8, 4) is 0 Å². The van der Waals surface area contributed by atoms with E-state index in [1.807, 2.05) is 29.7 Å². The summed E-state index contributed by atoms with van der Waals surface area (Å²) in [6.45, 7) is 0.327. The predicted octanol–water partition coefficient (Wildman–Crippen LogP) is 0.983. The van der Waals surface area contributed by atoms with Crippen molar-refractivity contribution < 1.29 is 13.2 Å². The molecule has 1 atom stereocenters. The second-order valence-corrected chi connectivity index (χ2v) is 7.18. The number of nitrogens with zero attached hydrogens (tertiary/aromatic N) is 1. The molecule has 0 saturated carbocycles. The molecule has 116 valence electrons. The maximum Gasteiger partial charge on any atom is 0.252 e. The summed E-state index contributed by atoms with van der Waals surface area (Å²) in [5, 5.41) is 1.82. The normalized spacial score (nSPS) is 19.4. The Hall–Kier alpha value is -1.96. The highest BCUT2D eigenvalue weighted by Gasteiger charge is 2.39. The second kappa shape index (κ2) is 5.68. The highest BCUT2D eigenvalue weighted by Crippen LogP contribution is 2.28. The molecule has 0 unspecified atom stereocenters. The van der Waals surface area contributed by atoms with E-state index >= 15 is 0 Å². The fourth-order valence-corrected chi connectivity index (χ4v) is 4.54. The molecule has 2 aromatic carbocycles. The Morgan fingerprint density at radius 1 is 1.18 bits per heavy atom. The average molecular weight is 319 g/mol. The molecule has 0 aliphatic carbocycles. The number of carbonyl (C=O) groups excluding carboxylic acids is 1. The average Bonchev–Trinajstić information content (AvgIpc) is 3.04. The largest absolute Gasteiger partial charge is 0.293 e. The molecule has 0 bridgehead atoms. The lowest BCUT2D eigenvalue weighted by Gasteiger charge is -2.22. The third kappa shape index (κ3) is 2.47. The summed E-state index contributed by atoms with van der Waals surface area (Å²) in [6, 6.07) is 11.8. The van der Waals surface area contributed by atoms with Gasteiger partial charge in [-0.15, -0.1) is 0 Å². The first kappa shape index (κ1) is 15.0. The number of nitrogens with two attached hydrogens (primary N) is 1. The van der Waals surface area contributed by atoms with Crippen LogP contribution in [0.1, 0.15) is 12.8 Å². The molecule has 1 aliphatic rings. The molecule has 3 rings (SSSR count). The van der Waals surface area contributed by atoms with Gasteiger partial charge in [-0.1, -0.05) is 30.3 Å². The van der Waals surface area contributed by atoms with Gasteiger partial charge in [-0.2, -0.15) is 4.31 Å². The molecule has 1 amide bonds. The van der Waals surface area contributed by atoms with E-state index in [4.69, 9.17) is 5.84 Å². The Bertz CT molecular complexity index is 820. The van der Waals surface area contributed by atoms with Crippen LogP contribution in [-0.4, -0.2) is 31.2 Å². The maximum atomic E-state index is 12.8. The Balaban J connectivity index is 2.02. The van der Waals surface area contributed by atoms with Gasteiger partial charge >= 0.3 is 0 Å². The van der Waals surface area contributed by atoms with Crippen molar-refractivity contribution in [2.75, 3.05) is 6.54 Å². The minimum absolute atomic E-state index is 0.197. The standard InChI is InChI=1S/C15H17N3O3S/c16-17-15(19)14-6-3-9-18(14)22(20,21)13-8-7-11-4-1-2-5-12(11)10-13/h1-2,4-5,7-8,10,14H,3,6,9,16H2,(H,17,19)/t14-/m1/s1. The molecule has 1 heterocycles. The van der Waals surface area contributed by atoms with Crippen LogP contribution in [0.25, 0.3) is 10.8 Å². The molecule has 7 heteroatoms. The lowest BCUT2D eigenvalue weighted by molar-refractivity contribution is -0.124. The Labute approximate surface area is 128 Å². The van der Waals surface area contributed by atoms with Gasteiger partial charge in [0.15, 0.2) is 0 Å². The first-order valence-electron chi connectivity index (χ1n) is 7.05. The topological polar surface area (TPSA) is 92.5 Å². The number of hydrogen-bond donors (Lipinski definition) is 2. The van der Waals surface area contributed by atoms with Crippen molar-refractivity contribution >= 4 is 26.7 Å². The molecule has 0 spiro atoms. The molecular weight excluding hydrogens is 302 g/mol.